The molecule has 2 heterocycles. The quantitative estimate of drug-likeness (QED) is 0.705. The first-order chi connectivity index (χ1) is 13.3. The van der Waals surface area contributed by atoms with Gasteiger partial charge in [-0.15, -0.1) is 0 Å². The predicted molar refractivity (Wildman–Crippen MR) is 111 cm³/mol. The fourth-order valence-electron chi connectivity index (χ4n) is 3.67. The molecule has 1 aliphatic heterocycles. The molecule has 0 unspecified atom stereocenters. The van der Waals surface area contributed by atoms with Crippen molar-refractivity contribution in [1.82, 2.24) is 14.9 Å². The number of para-hydroxylation sites is 1. The van der Waals surface area contributed by atoms with E-state index < -0.39 is 0 Å². The van der Waals surface area contributed by atoms with Crippen LogP contribution in [0.1, 0.15) is 32.0 Å². The maximum Gasteiger partial charge on any atom is 0.265 e. The third kappa shape index (κ3) is 3.74. The van der Waals surface area contributed by atoms with Crippen molar-refractivity contribution in [2.75, 3.05) is 18.4 Å². The van der Waals surface area contributed by atoms with Crippen molar-refractivity contribution < 1.29 is 0 Å². The van der Waals surface area contributed by atoms with Crippen molar-refractivity contribution in [3.63, 3.8) is 0 Å². The zero-order valence-electron chi connectivity index (χ0n) is 15.7. The molecule has 140 valence electrons. The van der Waals surface area contributed by atoms with Crippen molar-refractivity contribution in [3.8, 4) is 5.69 Å². The summed E-state index contributed by atoms with van der Waals surface area (Å²) in [7, 11) is 0. The van der Waals surface area contributed by atoms with Gasteiger partial charge in [-0.05, 0) is 55.8 Å². The minimum atomic E-state index is 0.00686. The normalized spacial score (nSPS) is 16.7. The van der Waals surface area contributed by atoms with Crippen LogP contribution in [0.2, 0.25) is 0 Å². The van der Waals surface area contributed by atoms with Crippen LogP contribution in [0.25, 0.3) is 16.6 Å². The molecule has 1 aromatic heterocycles. The number of fused-ring (bicyclic) bond motifs is 1. The molecule has 5 nitrogen and oxygen atoms in total. The molecule has 0 saturated carbocycles. The van der Waals surface area contributed by atoms with E-state index in [-0.39, 0.29) is 5.56 Å². The SMILES string of the molecule is CCCCc1nc2ccccc2c(=O)n1-c1ccc(N[C@@H]2CCNC2)cc1. The van der Waals surface area contributed by atoms with Gasteiger partial charge in [0.1, 0.15) is 5.82 Å². The molecule has 0 amide bonds. The number of hydrogen-bond donors (Lipinski definition) is 2. The summed E-state index contributed by atoms with van der Waals surface area (Å²) in [6, 6.07) is 16.2. The number of nitrogens with zero attached hydrogens (tertiary/aromatic N) is 2. The van der Waals surface area contributed by atoms with Crippen molar-refractivity contribution in [3.05, 3.63) is 64.7 Å². The first-order valence-corrected chi connectivity index (χ1v) is 9.84. The number of aryl methyl sites for hydroxylation is 1. The van der Waals surface area contributed by atoms with Gasteiger partial charge in [-0.25, -0.2) is 4.98 Å². The van der Waals surface area contributed by atoms with Crippen LogP contribution in [0.15, 0.2) is 53.3 Å². The number of nitrogens with one attached hydrogen (secondary N) is 2. The average Bonchev–Trinajstić information content (AvgIpc) is 3.20. The van der Waals surface area contributed by atoms with Gasteiger partial charge in [-0.3, -0.25) is 9.36 Å². The summed E-state index contributed by atoms with van der Waals surface area (Å²) >= 11 is 0. The predicted octanol–water partition coefficient (Wildman–Crippen LogP) is 3.50. The van der Waals surface area contributed by atoms with Gasteiger partial charge < -0.3 is 10.6 Å². The van der Waals surface area contributed by atoms with Gasteiger partial charge in [0.15, 0.2) is 0 Å². The Balaban J connectivity index is 1.72. The lowest BCUT2D eigenvalue weighted by atomic mass is 10.2. The van der Waals surface area contributed by atoms with Crippen LogP contribution < -0.4 is 16.2 Å². The lowest BCUT2D eigenvalue weighted by Crippen LogP contribution is -2.24. The van der Waals surface area contributed by atoms with Crippen LogP contribution in [0.3, 0.4) is 0 Å². The fraction of sp³-hybridized carbons (Fsp3) is 0.364. The van der Waals surface area contributed by atoms with E-state index in [1.165, 1.54) is 0 Å². The Kier molecular flexibility index (Phi) is 5.21. The fourth-order valence-corrected chi connectivity index (χ4v) is 3.67. The summed E-state index contributed by atoms with van der Waals surface area (Å²) in [5.41, 5.74) is 2.74. The third-order valence-electron chi connectivity index (χ3n) is 5.16. The molecule has 5 heteroatoms. The highest BCUT2D eigenvalue weighted by molar-refractivity contribution is 5.77. The Morgan fingerprint density at radius 1 is 1.19 bits per heavy atom. The zero-order valence-corrected chi connectivity index (χ0v) is 15.7. The van der Waals surface area contributed by atoms with Gasteiger partial charge in [0.05, 0.1) is 16.6 Å². The largest absolute Gasteiger partial charge is 0.381 e. The van der Waals surface area contributed by atoms with Gasteiger partial charge >= 0.3 is 0 Å². The molecular formula is C22H26N4O. The minimum Gasteiger partial charge on any atom is -0.381 e. The second kappa shape index (κ2) is 7.92. The number of hydrogen-bond acceptors (Lipinski definition) is 4. The zero-order chi connectivity index (χ0) is 18.6. The van der Waals surface area contributed by atoms with E-state index in [0.29, 0.717) is 11.4 Å². The van der Waals surface area contributed by atoms with Crippen molar-refractivity contribution in [1.29, 1.82) is 0 Å². The van der Waals surface area contributed by atoms with Gasteiger partial charge in [-0.1, -0.05) is 25.5 Å². The number of anilines is 1. The van der Waals surface area contributed by atoms with Gasteiger partial charge in [0.2, 0.25) is 0 Å². The standard InChI is InChI=1S/C22H26N4O/c1-2-3-8-21-25-20-7-5-4-6-19(20)22(27)26(21)18-11-9-16(10-12-18)24-17-13-14-23-15-17/h4-7,9-12,17,23-24H,2-3,8,13-15H2,1H3/t17-/m1/s1. The smallest absolute Gasteiger partial charge is 0.265 e. The summed E-state index contributed by atoms with van der Waals surface area (Å²) in [6.07, 6.45) is 4.02. The number of unbranched alkanes of at least 4 members (excludes halogenated alkanes) is 1. The van der Waals surface area contributed by atoms with Crippen LogP contribution in [0.5, 0.6) is 0 Å². The van der Waals surface area contributed by atoms with Crippen LogP contribution in [-0.2, 0) is 6.42 Å². The van der Waals surface area contributed by atoms with Gasteiger partial charge in [0, 0.05) is 24.7 Å². The third-order valence-corrected chi connectivity index (χ3v) is 5.16. The maximum absolute atomic E-state index is 13.2. The number of aromatic nitrogens is 2. The molecule has 0 bridgehead atoms. The second-order valence-corrected chi connectivity index (χ2v) is 7.17. The van der Waals surface area contributed by atoms with E-state index in [1.54, 1.807) is 4.57 Å². The highest BCUT2D eigenvalue weighted by Crippen LogP contribution is 2.18. The molecule has 4 rings (SSSR count). The Labute approximate surface area is 159 Å². The van der Waals surface area contributed by atoms with E-state index in [0.717, 1.165) is 61.5 Å². The molecule has 1 fully saturated rings. The molecule has 0 aliphatic carbocycles. The van der Waals surface area contributed by atoms with E-state index in [9.17, 15) is 4.79 Å². The Hall–Kier alpha value is -2.66. The molecule has 1 aliphatic rings. The average molecular weight is 362 g/mol. The molecule has 1 saturated heterocycles. The number of benzene rings is 2. The molecule has 2 aromatic carbocycles. The highest BCUT2D eigenvalue weighted by atomic mass is 16.1. The van der Waals surface area contributed by atoms with Gasteiger partial charge in [0.25, 0.3) is 5.56 Å². The Bertz CT molecular complexity index is 972. The second-order valence-electron chi connectivity index (χ2n) is 7.17. The van der Waals surface area contributed by atoms with E-state index >= 15 is 0 Å². The van der Waals surface area contributed by atoms with E-state index in [4.69, 9.17) is 4.98 Å². The van der Waals surface area contributed by atoms with Gasteiger partial charge in [-0.2, -0.15) is 0 Å². The van der Waals surface area contributed by atoms with Crippen LogP contribution in [0.4, 0.5) is 5.69 Å². The molecule has 2 N–H and O–H groups in total. The molecule has 1 atom stereocenters. The summed E-state index contributed by atoms with van der Waals surface area (Å²) in [5.74, 6) is 0.834. The maximum atomic E-state index is 13.2. The summed E-state index contributed by atoms with van der Waals surface area (Å²) < 4.78 is 1.78. The van der Waals surface area contributed by atoms with Crippen LogP contribution >= 0.6 is 0 Å². The first-order valence-electron chi connectivity index (χ1n) is 9.84. The van der Waals surface area contributed by atoms with Crippen LogP contribution in [-0.4, -0.2) is 28.7 Å². The topological polar surface area (TPSA) is 59.0 Å². The van der Waals surface area contributed by atoms with Crippen molar-refractivity contribution in [2.24, 2.45) is 0 Å². The highest BCUT2D eigenvalue weighted by Gasteiger charge is 2.15. The molecular weight excluding hydrogens is 336 g/mol. The molecule has 3 aromatic rings. The van der Waals surface area contributed by atoms with Crippen LogP contribution in [0, 0.1) is 0 Å². The van der Waals surface area contributed by atoms with Crippen molar-refractivity contribution >= 4 is 16.6 Å². The first kappa shape index (κ1) is 17.7. The van der Waals surface area contributed by atoms with E-state index in [2.05, 4.69) is 29.7 Å². The molecule has 0 spiro atoms. The Morgan fingerprint density at radius 2 is 2.00 bits per heavy atom. The lowest BCUT2D eigenvalue weighted by molar-refractivity contribution is 0.720. The Morgan fingerprint density at radius 3 is 2.74 bits per heavy atom. The summed E-state index contributed by atoms with van der Waals surface area (Å²) in [6.45, 7) is 4.22. The van der Waals surface area contributed by atoms with Crippen molar-refractivity contribution in [2.45, 2.75) is 38.6 Å². The molecule has 27 heavy (non-hydrogen) atoms. The lowest BCUT2D eigenvalue weighted by Gasteiger charge is -2.16. The molecule has 0 radical (unpaired) electrons. The monoisotopic (exact) mass is 362 g/mol. The number of rotatable bonds is 6. The minimum absolute atomic E-state index is 0.00686. The summed E-state index contributed by atoms with van der Waals surface area (Å²) in [4.78, 5) is 18.0. The summed E-state index contributed by atoms with van der Waals surface area (Å²) in [5, 5.41) is 7.58. The van der Waals surface area contributed by atoms with E-state index in [1.807, 2.05) is 36.4 Å².